The molecule has 1 heterocycles. The summed E-state index contributed by atoms with van der Waals surface area (Å²) >= 11 is 0. The van der Waals surface area contributed by atoms with E-state index in [4.69, 9.17) is 9.05 Å². The van der Waals surface area contributed by atoms with E-state index < -0.39 is 7.82 Å². The molecule has 0 spiro atoms. The number of phosphoric acid groups is 1. The minimum atomic E-state index is -4.51. The van der Waals surface area contributed by atoms with Gasteiger partial charge in [0.05, 0.1) is 0 Å². The van der Waals surface area contributed by atoms with Crippen LogP contribution in [-0.2, 0) is 36.7 Å². The van der Waals surface area contributed by atoms with Crippen LogP contribution in [0.2, 0.25) is 0 Å². The van der Waals surface area contributed by atoms with E-state index in [1.807, 2.05) is 26.0 Å². The Morgan fingerprint density at radius 2 is 1.22 bits per heavy atom. The van der Waals surface area contributed by atoms with Crippen molar-refractivity contribution in [1.29, 1.82) is 0 Å². The summed E-state index contributed by atoms with van der Waals surface area (Å²) in [6.07, 6.45) is 3.99. The molecule has 0 aliphatic carbocycles. The van der Waals surface area contributed by atoms with Gasteiger partial charge in [-0.2, -0.15) is 0 Å². The van der Waals surface area contributed by atoms with Crippen molar-refractivity contribution in [2.45, 2.75) is 59.8 Å². The summed E-state index contributed by atoms with van der Waals surface area (Å²) < 4.78 is 23.3. The molecule has 1 aliphatic heterocycles. The standard InChI is InChI=1S/C21H27O4P.Na/c1-5-14-9-11-20-16(7-3)18(14)13-19-15(6-2)10-12-21(17(19)8-4)25-26(22,23)24-20;/h9-12H,5-8,13H2,1-4H3,(H,22,23);/q;+1/p-1. The fourth-order valence-corrected chi connectivity index (χ4v) is 4.79. The summed E-state index contributed by atoms with van der Waals surface area (Å²) in [6.45, 7) is 8.32. The first-order valence-electron chi connectivity index (χ1n) is 9.41. The third-order valence-corrected chi connectivity index (χ3v) is 6.05. The fraction of sp³-hybridized carbons (Fsp3) is 0.429. The van der Waals surface area contributed by atoms with Gasteiger partial charge in [-0.05, 0) is 77.6 Å². The summed E-state index contributed by atoms with van der Waals surface area (Å²) in [6, 6.07) is 7.47. The number of hydrogen-bond donors (Lipinski definition) is 0. The van der Waals surface area contributed by atoms with Crippen molar-refractivity contribution in [1.82, 2.24) is 0 Å². The molecule has 27 heavy (non-hydrogen) atoms. The molecule has 0 aromatic heterocycles. The minimum Gasteiger partial charge on any atom is -0.736 e. The first kappa shape index (κ1) is 22.5. The second-order valence-electron chi connectivity index (χ2n) is 6.58. The minimum absolute atomic E-state index is 0. The quantitative estimate of drug-likeness (QED) is 0.584. The monoisotopic (exact) mass is 396 g/mol. The molecule has 0 radical (unpaired) electrons. The molecule has 6 heteroatoms. The van der Waals surface area contributed by atoms with Gasteiger partial charge in [0.2, 0.25) is 0 Å². The van der Waals surface area contributed by atoms with Gasteiger partial charge in [-0.3, -0.25) is 0 Å². The topological polar surface area (TPSA) is 58.6 Å². The van der Waals surface area contributed by atoms with Crippen molar-refractivity contribution in [2.75, 3.05) is 0 Å². The van der Waals surface area contributed by atoms with Crippen LogP contribution in [0.5, 0.6) is 11.5 Å². The Balaban J connectivity index is 0.00000261. The average Bonchev–Trinajstić information content (AvgIpc) is 2.61. The van der Waals surface area contributed by atoms with Crippen LogP contribution in [0, 0.1) is 0 Å². The van der Waals surface area contributed by atoms with E-state index in [-0.39, 0.29) is 29.6 Å². The Hall–Kier alpha value is -0.770. The van der Waals surface area contributed by atoms with Gasteiger partial charge >= 0.3 is 37.4 Å². The van der Waals surface area contributed by atoms with E-state index in [1.165, 1.54) is 22.3 Å². The smallest absolute Gasteiger partial charge is 0.736 e. The SMILES string of the molecule is CCc1ccc2c(CC)c1Cc1c(CC)ccc(c1CC)OP(=O)([O-])O2.[Na+]. The Morgan fingerprint density at radius 3 is 1.56 bits per heavy atom. The van der Waals surface area contributed by atoms with Crippen molar-refractivity contribution in [3.63, 3.8) is 0 Å². The van der Waals surface area contributed by atoms with Gasteiger partial charge in [0, 0.05) is 0 Å². The Bertz CT molecular complexity index is 811. The maximum atomic E-state index is 12.5. The van der Waals surface area contributed by atoms with Gasteiger partial charge < -0.3 is 13.9 Å². The zero-order valence-electron chi connectivity index (χ0n) is 16.9. The summed E-state index contributed by atoms with van der Waals surface area (Å²) in [5.74, 6) is 0.776. The fourth-order valence-electron chi connectivity index (χ4n) is 3.93. The maximum absolute atomic E-state index is 12.5. The maximum Gasteiger partial charge on any atom is 1.00 e. The molecule has 0 unspecified atom stereocenters. The molecule has 0 amide bonds. The Morgan fingerprint density at radius 1 is 0.815 bits per heavy atom. The van der Waals surface area contributed by atoms with Crippen molar-refractivity contribution in [2.24, 2.45) is 0 Å². The molecule has 1 aliphatic rings. The zero-order chi connectivity index (χ0) is 18.9. The molecule has 4 nitrogen and oxygen atoms in total. The van der Waals surface area contributed by atoms with Crippen molar-refractivity contribution in [3.8, 4) is 11.5 Å². The number of hydrogen-bond acceptors (Lipinski definition) is 4. The first-order chi connectivity index (χ1) is 12.4. The van der Waals surface area contributed by atoms with E-state index in [2.05, 4.69) is 13.8 Å². The summed E-state index contributed by atoms with van der Waals surface area (Å²) in [5, 5.41) is 0. The van der Waals surface area contributed by atoms with Crippen LogP contribution in [0.25, 0.3) is 0 Å². The molecule has 0 fully saturated rings. The van der Waals surface area contributed by atoms with Crippen LogP contribution in [0.4, 0.5) is 0 Å². The van der Waals surface area contributed by atoms with Crippen molar-refractivity contribution < 1.29 is 48.1 Å². The molecule has 4 bridgehead atoms. The molecular weight excluding hydrogens is 370 g/mol. The van der Waals surface area contributed by atoms with Crippen molar-refractivity contribution >= 4 is 7.82 Å². The number of aryl methyl sites for hydroxylation is 2. The van der Waals surface area contributed by atoms with E-state index in [1.54, 1.807) is 12.1 Å². The Kier molecular flexibility index (Phi) is 7.63. The molecular formula is C21H26NaO4P. The van der Waals surface area contributed by atoms with Gasteiger partial charge in [-0.1, -0.05) is 39.8 Å². The normalized spacial score (nSPS) is 14.6. The predicted octanol–water partition coefficient (Wildman–Crippen LogP) is 1.77. The van der Waals surface area contributed by atoms with Gasteiger partial charge in [-0.15, -0.1) is 0 Å². The number of benzene rings is 2. The molecule has 0 saturated heterocycles. The van der Waals surface area contributed by atoms with Crippen LogP contribution < -0.4 is 43.5 Å². The zero-order valence-corrected chi connectivity index (χ0v) is 19.8. The predicted molar refractivity (Wildman–Crippen MR) is 102 cm³/mol. The van der Waals surface area contributed by atoms with Crippen LogP contribution in [0.15, 0.2) is 24.3 Å². The molecule has 3 rings (SSSR count). The Labute approximate surface area is 184 Å². The average molecular weight is 396 g/mol. The second-order valence-corrected chi connectivity index (χ2v) is 7.84. The number of rotatable bonds is 4. The van der Waals surface area contributed by atoms with Gasteiger partial charge in [0.25, 0.3) is 0 Å². The summed E-state index contributed by atoms with van der Waals surface area (Å²) in [5.41, 5.74) is 6.78. The molecule has 2 aromatic rings. The second kappa shape index (κ2) is 9.15. The molecule has 0 atom stereocenters. The summed E-state index contributed by atoms with van der Waals surface area (Å²) in [4.78, 5) is 12.5. The van der Waals surface area contributed by atoms with E-state index >= 15 is 0 Å². The van der Waals surface area contributed by atoms with Crippen LogP contribution in [0.3, 0.4) is 0 Å². The van der Waals surface area contributed by atoms with Gasteiger partial charge in [0.1, 0.15) is 11.5 Å². The third kappa shape index (κ3) is 4.46. The van der Waals surface area contributed by atoms with E-state index in [9.17, 15) is 9.46 Å². The third-order valence-electron chi connectivity index (χ3n) is 5.21. The molecule has 140 valence electrons. The van der Waals surface area contributed by atoms with Crippen LogP contribution >= 0.6 is 7.82 Å². The van der Waals surface area contributed by atoms with Crippen LogP contribution in [-0.4, -0.2) is 0 Å². The molecule has 0 saturated carbocycles. The van der Waals surface area contributed by atoms with Crippen LogP contribution in [0.1, 0.15) is 61.1 Å². The molecule has 0 N–H and O–H groups in total. The van der Waals surface area contributed by atoms with Crippen molar-refractivity contribution in [3.05, 3.63) is 57.6 Å². The van der Waals surface area contributed by atoms with E-state index in [0.717, 1.165) is 30.4 Å². The van der Waals surface area contributed by atoms with Gasteiger partial charge in [-0.25, -0.2) is 4.57 Å². The van der Waals surface area contributed by atoms with Gasteiger partial charge in [0.15, 0.2) is 0 Å². The summed E-state index contributed by atoms with van der Waals surface area (Å²) in [7, 11) is -4.51. The first-order valence-corrected chi connectivity index (χ1v) is 10.9. The van der Waals surface area contributed by atoms with E-state index in [0.29, 0.717) is 24.3 Å². The largest absolute Gasteiger partial charge is 1.00 e. The molecule has 2 aromatic carbocycles. The number of phosphoric ester groups is 1. The number of fused-ring (bicyclic) bond motifs is 4.